The van der Waals surface area contributed by atoms with E-state index in [2.05, 4.69) is 15.9 Å². The second-order valence-electron chi connectivity index (χ2n) is 3.99. The summed E-state index contributed by atoms with van der Waals surface area (Å²) in [6.45, 7) is 0.464. The van der Waals surface area contributed by atoms with Crippen LogP contribution in [0.5, 0.6) is 11.5 Å². The van der Waals surface area contributed by atoms with E-state index in [1.807, 2.05) is 42.5 Å². The minimum atomic E-state index is 0.440. The molecule has 2 aromatic rings. The zero-order chi connectivity index (χ0) is 13.7. The van der Waals surface area contributed by atoms with Gasteiger partial charge in [0.05, 0.1) is 13.0 Å². The zero-order valence-electron chi connectivity index (χ0n) is 10.5. The lowest BCUT2D eigenvalue weighted by Gasteiger charge is -2.11. The summed E-state index contributed by atoms with van der Waals surface area (Å²) in [5.41, 5.74) is 2.02. The van der Waals surface area contributed by atoms with Crippen molar-refractivity contribution in [3.63, 3.8) is 0 Å². The van der Waals surface area contributed by atoms with E-state index in [0.29, 0.717) is 12.5 Å². The van der Waals surface area contributed by atoms with Gasteiger partial charge in [0.1, 0.15) is 18.1 Å². The summed E-state index contributed by atoms with van der Waals surface area (Å²) in [4.78, 5) is 0. The fourth-order valence-electron chi connectivity index (χ4n) is 1.70. The van der Waals surface area contributed by atoms with Gasteiger partial charge in [0.25, 0.3) is 0 Å². The molecular formula is C15H14BrClO2. The molecule has 0 spiro atoms. The average molecular weight is 342 g/mol. The number of rotatable bonds is 5. The first-order valence-corrected chi connectivity index (χ1v) is 7.16. The van der Waals surface area contributed by atoms with Crippen LogP contribution in [0.3, 0.4) is 0 Å². The molecule has 0 saturated carbocycles. The number of ether oxygens (including phenoxy) is 2. The maximum Gasteiger partial charge on any atom is 0.124 e. The van der Waals surface area contributed by atoms with E-state index >= 15 is 0 Å². The van der Waals surface area contributed by atoms with Crippen molar-refractivity contribution in [2.75, 3.05) is 7.11 Å². The molecule has 2 aromatic carbocycles. The fourth-order valence-corrected chi connectivity index (χ4v) is 2.28. The standard InChI is InChI=1S/C15H14BrClO2/c1-18-13-6-7-14(16)12(8-13)10-19-15-5-3-2-4-11(15)9-17/h2-8H,9-10H2,1H3. The molecule has 0 unspecified atom stereocenters. The van der Waals surface area contributed by atoms with Crippen molar-refractivity contribution in [1.82, 2.24) is 0 Å². The molecule has 0 atom stereocenters. The molecular weight excluding hydrogens is 328 g/mol. The molecule has 0 aliphatic rings. The summed E-state index contributed by atoms with van der Waals surface area (Å²) in [6.07, 6.45) is 0. The highest BCUT2D eigenvalue weighted by Gasteiger charge is 2.06. The van der Waals surface area contributed by atoms with Crippen LogP contribution in [0.25, 0.3) is 0 Å². The maximum absolute atomic E-state index is 5.88. The van der Waals surface area contributed by atoms with Gasteiger partial charge in [-0.1, -0.05) is 34.1 Å². The number of hydrogen-bond donors (Lipinski definition) is 0. The van der Waals surface area contributed by atoms with E-state index < -0.39 is 0 Å². The molecule has 0 aliphatic heterocycles. The molecule has 0 amide bonds. The van der Waals surface area contributed by atoms with Crippen molar-refractivity contribution in [2.45, 2.75) is 12.5 Å². The average Bonchev–Trinajstić information content (AvgIpc) is 2.46. The van der Waals surface area contributed by atoms with Crippen LogP contribution in [0.15, 0.2) is 46.9 Å². The Morgan fingerprint density at radius 1 is 1.11 bits per heavy atom. The van der Waals surface area contributed by atoms with Crippen LogP contribution in [0.4, 0.5) is 0 Å². The Morgan fingerprint density at radius 3 is 2.63 bits per heavy atom. The summed E-state index contributed by atoms with van der Waals surface area (Å²) in [5, 5.41) is 0. The van der Waals surface area contributed by atoms with Gasteiger partial charge in [0.15, 0.2) is 0 Å². The van der Waals surface area contributed by atoms with Crippen molar-refractivity contribution < 1.29 is 9.47 Å². The molecule has 2 rings (SSSR count). The minimum Gasteiger partial charge on any atom is -0.497 e. The molecule has 19 heavy (non-hydrogen) atoms. The fraction of sp³-hybridized carbons (Fsp3) is 0.200. The van der Waals surface area contributed by atoms with Crippen LogP contribution in [-0.4, -0.2) is 7.11 Å². The first-order chi connectivity index (χ1) is 9.24. The quantitative estimate of drug-likeness (QED) is 0.729. The topological polar surface area (TPSA) is 18.5 Å². The highest BCUT2D eigenvalue weighted by molar-refractivity contribution is 9.10. The van der Waals surface area contributed by atoms with E-state index in [9.17, 15) is 0 Å². The van der Waals surface area contributed by atoms with Crippen molar-refractivity contribution in [3.05, 3.63) is 58.1 Å². The van der Waals surface area contributed by atoms with Gasteiger partial charge in [-0.05, 0) is 24.3 Å². The third kappa shape index (κ3) is 3.64. The van der Waals surface area contributed by atoms with Gasteiger partial charge in [-0.2, -0.15) is 0 Å². The summed E-state index contributed by atoms with van der Waals surface area (Å²) in [7, 11) is 1.65. The Bertz CT molecular complexity index is 558. The van der Waals surface area contributed by atoms with Crippen LogP contribution in [0, 0.1) is 0 Å². The van der Waals surface area contributed by atoms with Crippen LogP contribution < -0.4 is 9.47 Å². The molecule has 100 valence electrons. The molecule has 0 radical (unpaired) electrons. The van der Waals surface area contributed by atoms with E-state index in [4.69, 9.17) is 21.1 Å². The number of halogens is 2. The number of para-hydroxylation sites is 1. The zero-order valence-corrected chi connectivity index (χ0v) is 12.9. The Hall–Kier alpha value is -1.19. The molecule has 0 bridgehead atoms. The molecule has 0 heterocycles. The molecule has 0 fully saturated rings. The van der Waals surface area contributed by atoms with Gasteiger partial charge in [0, 0.05) is 15.6 Å². The molecule has 0 saturated heterocycles. The lowest BCUT2D eigenvalue weighted by atomic mass is 10.2. The Morgan fingerprint density at radius 2 is 1.89 bits per heavy atom. The predicted molar refractivity (Wildman–Crippen MR) is 81.0 cm³/mol. The van der Waals surface area contributed by atoms with Crippen molar-refractivity contribution in [2.24, 2.45) is 0 Å². The molecule has 0 N–H and O–H groups in total. The number of alkyl halides is 1. The Kier molecular flexibility index (Phi) is 5.11. The first-order valence-electron chi connectivity index (χ1n) is 5.83. The third-order valence-corrected chi connectivity index (χ3v) is 3.81. The number of methoxy groups -OCH3 is 1. The predicted octanol–water partition coefficient (Wildman–Crippen LogP) is 4.78. The Labute approximate surface area is 126 Å². The molecule has 0 aromatic heterocycles. The van der Waals surface area contributed by atoms with E-state index in [0.717, 1.165) is 27.1 Å². The van der Waals surface area contributed by atoms with Gasteiger partial charge >= 0.3 is 0 Å². The normalized spacial score (nSPS) is 10.3. The largest absolute Gasteiger partial charge is 0.497 e. The second kappa shape index (κ2) is 6.83. The highest BCUT2D eigenvalue weighted by Crippen LogP contribution is 2.26. The summed E-state index contributed by atoms with van der Waals surface area (Å²) < 4.78 is 12.0. The summed E-state index contributed by atoms with van der Waals surface area (Å²) in [5.74, 6) is 2.06. The Balaban J connectivity index is 2.14. The van der Waals surface area contributed by atoms with Gasteiger partial charge in [-0.3, -0.25) is 0 Å². The third-order valence-electron chi connectivity index (χ3n) is 2.75. The molecule has 4 heteroatoms. The summed E-state index contributed by atoms with van der Waals surface area (Å²) >= 11 is 9.39. The van der Waals surface area contributed by atoms with Crippen molar-refractivity contribution in [1.29, 1.82) is 0 Å². The van der Waals surface area contributed by atoms with Crippen LogP contribution in [0.1, 0.15) is 11.1 Å². The van der Waals surface area contributed by atoms with Gasteiger partial charge in [0.2, 0.25) is 0 Å². The van der Waals surface area contributed by atoms with E-state index in [-0.39, 0.29) is 0 Å². The molecule has 0 aliphatic carbocycles. The van der Waals surface area contributed by atoms with Crippen LogP contribution >= 0.6 is 27.5 Å². The maximum atomic E-state index is 5.88. The minimum absolute atomic E-state index is 0.440. The smallest absolute Gasteiger partial charge is 0.124 e. The van der Waals surface area contributed by atoms with Crippen LogP contribution in [-0.2, 0) is 12.5 Å². The summed E-state index contributed by atoms with van der Waals surface area (Å²) in [6, 6.07) is 13.6. The number of hydrogen-bond acceptors (Lipinski definition) is 2. The monoisotopic (exact) mass is 340 g/mol. The van der Waals surface area contributed by atoms with Crippen molar-refractivity contribution in [3.8, 4) is 11.5 Å². The lowest BCUT2D eigenvalue weighted by Crippen LogP contribution is -1.99. The highest BCUT2D eigenvalue weighted by atomic mass is 79.9. The second-order valence-corrected chi connectivity index (χ2v) is 5.11. The van der Waals surface area contributed by atoms with Crippen molar-refractivity contribution >= 4 is 27.5 Å². The van der Waals surface area contributed by atoms with Gasteiger partial charge in [-0.15, -0.1) is 11.6 Å². The van der Waals surface area contributed by atoms with E-state index in [1.54, 1.807) is 7.11 Å². The lowest BCUT2D eigenvalue weighted by molar-refractivity contribution is 0.302. The SMILES string of the molecule is COc1ccc(Br)c(COc2ccccc2CCl)c1. The molecule has 2 nitrogen and oxygen atoms in total. The van der Waals surface area contributed by atoms with Crippen LogP contribution in [0.2, 0.25) is 0 Å². The van der Waals surface area contributed by atoms with E-state index in [1.165, 1.54) is 0 Å². The number of benzene rings is 2. The van der Waals surface area contributed by atoms with Gasteiger partial charge in [-0.25, -0.2) is 0 Å². The van der Waals surface area contributed by atoms with Gasteiger partial charge < -0.3 is 9.47 Å². The first kappa shape index (κ1) is 14.2.